The molecular weight excluding hydrogens is 1110 g/mol. The van der Waals surface area contributed by atoms with Crippen molar-refractivity contribution in [3.8, 4) is 11.5 Å². The van der Waals surface area contributed by atoms with Gasteiger partial charge in [0.25, 0.3) is 0 Å². The largest absolute Gasteiger partial charge is 0.493 e. The number of ether oxygens (including phenoxy) is 9. The Balaban J connectivity index is 1.23. The Kier molecular flexibility index (Phi) is 20.0. The molecule has 1 saturated heterocycles. The number of fused-ring (bicyclic) bond motifs is 5. The van der Waals surface area contributed by atoms with Crippen LogP contribution in [0.1, 0.15) is 102 Å². The number of nitrogens with zero attached hydrogens (tertiary/aromatic N) is 1. The summed E-state index contributed by atoms with van der Waals surface area (Å²) < 4.78 is 55.9. The van der Waals surface area contributed by atoms with Crippen LogP contribution in [0.25, 0.3) is 6.08 Å². The topological polar surface area (TPSA) is 255 Å². The van der Waals surface area contributed by atoms with Crippen LogP contribution in [0.5, 0.6) is 11.5 Å². The van der Waals surface area contributed by atoms with Crippen molar-refractivity contribution >= 4 is 53.5 Å². The van der Waals surface area contributed by atoms with Crippen molar-refractivity contribution in [2.75, 3.05) is 34.4 Å². The summed E-state index contributed by atoms with van der Waals surface area (Å²) in [4.78, 5) is 114. The van der Waals surface area contributed by atoms with E-state index in [4.69, 9.17) is 42.6 Å². The van der Waals surface area contributed by atoms with Gasteiger partial charge in [-0.1, -0.05) is 117 Å². The highest BCUT2D eigenvalue weighted by molar-refractivity contribution is 5.96. The van der Waals surface area contributed by atoms with E-state index in [9.17, 15) is 33.9 Å². The first kappa shape index (κ1) is 64.1. The van der Waals surface area contributed by atoms with E-state index in [-0.39, 0.29) is 61.2 Å². The summed E-state index contributed by atoms with van der Waals surface area (Å²) in [6.07, 6.45) is -7.82. The van der Waals surface area contributed by atoms with Crippen LogP contribution in [0.4, 0.5) is 0 Å². The van der Waals surface area contributed by atoms with Gasteiger partial charge in [0, 0.05) is 44.6 Å². The third-order valence-corrected chi connectivity index (χ3v) is 16.9. The van der Waals surface area contributed by atoms with Crippen molar-refractivity contribution < 1.29 is 86.1 Å². The minimum atomic E-state index is -2.29. The van der Waals surface area contributed by atoms with Crippen LogP contribution >= 0.6 is 0 Å². The normalized spacial score (nSPS) is 26.3. The minimum Gasteiger partial charge on any atom is -0.493 e. The van der Waals surface area contributed by atoms with Crippen LogP contribution < -0.4 is 14.8 Å². The third-order valence-electron chi connectivity index (χ3n) is 16.9. The van der Waals surface area contributed by atoms with Crippen molar-refractivity contribution in [1.29, 1.82) is 0 Å². The zero-order chi connectivity index (χ0) is 62.3. The average Bonchev–Trinajstić information content (AvgIpc) is 0.674. The lowest BCUT2D eigenvalue weighted by molar-refractivity contribution is -0.352. The maximum absolute atomic E-state index is 16.4. The molecule has 0 spiro atoms. The molecule has 8 rings (SSSR count). The quantitative estimate of drug-likeness (QED) is 0.0246. The molecule has 3 aliphatic carbocycles. The Morgan fingerprint density at radius 3 is 2.02 bits per heavy atom. The molecule has 0 radical (unpaired) electrons. The molecule has 0 unspecified atom stereocenters. The zero-order valence-electron chi connectivity index (χ0n) is 50.2. The second-order valence-corrected chi connectivity index (χ2v) is 23.4. The number of allylic oxidation sites excluding steroid dienone is 1. The molecule has 11 atom stereocenters. The van der Waals surface area contributed by atoms with E-state index in [0.717, 1.165) is 12.5 Å². The molecule has 1 heterocycles. The first-order valence-corrected chi connectivity index (χ1v) is 28.6. The van der Waals surface area contributed by atoms with E-state index >= 15 is 9.59 Å². The van der Waals surface area contributed by atoms with Crippen LogP contribution in [-0.2, 0) is 84.7 Å². The van der Waals surface area contributed by atoms with E-state index in [1.165, 1.54) is 33.1 Å². The van der Waals surface area contributed by atoms with Gasteiger partial charge in [-0.25, -0.2) is 4.79 Å². The predicted octanol–water partition coefficient (Wildman–Crippen LogP) is 7.12. The van der Waals surface area contributed by atoms with E-state index in [2.05, 4.69) is 5.32 Å². The summed E-state index contributed by atoms with van der Waals surface area (Å²) in [5.41, 5.74) is -4.82. The highest BCUT2D eigenvalue weighted by Crippen LogP contribution is 2.65. The number of carbonyl (C=O) groups is 8. The van der Waals surface area contributed by atoms with Gasteiger partial charge in [-0.2, -0.15) is 0 Å². The highest BCUT2D eigenvalue weighted by Gasteiger charge is 2.78. The molecular formula is C66H76N2O18. The number of aliphatic hydroxyl groups is 1. The molecule has 1 aliphatic heterocycles. The number of rotatable bonds is 23. The third kappa shape index (κ3) is 13.5. The lowest BCUT2D eigenvalue weighted by atomic mass is 9.44. The number of benzene rings is 4. The molecule has 2 bridgehead atoms. The Morgan fingerprint density at radius 1 is 0.791 bits per heavy atom. The average molecular weight is 1190 g/mol. The van der Waals surface area contributed by atoms with Crippen LogP contribution in [0.15, 0.2) is 126 Å². The SMILES string of the molecule is COc1cc(/C=C/C(C)=O)ccc1OC(=O)CCC(=O)O[C@@H](C(=O)O[C@H]1C[C@@]2(O)[C@@H](OCc3ccccc3)[C@@H]3[C@]4(OC(C)=O)CO[C@@H]4C[C@H](OC(=O)CN(C)C)[C@@]3(C)C(=O)[C@H](OC(C)=O)C(=C1C)C2(C)C)[C@@H](NCc1ccccc1)c1ccccc1. The molecule has 458 valence electrons. The first-order valence-electron chi connectivity index (χ1n) is 28.6. The van der Waals surface area contributed by atoms with E-state index in [1.54, 1.807) is 119 Å². The Labute approximate surface area is 500 Å². The van der Waals surface area contributed by atoms with Crippen molar-refractivity contribution in [1.82, 2.24) is 10.2 Å². The Hall–Kier alpha value is -7.88. The number of Topliss-reactive ketones (excluding diaryl/α,β-unsaturated/α-hetero) is 1. The van der Waals surface area contributed by atoms with Gasteiger partial charge in [-0.15, -0.1) is 0 Å². The summed E-state index contributed by atoms with van der Waals surface area (Å²) in [7, 11) is 4.72. The van der Waals surface area contributed by atoms with Gasteiger partial charge in [0.15, 0.2) is 34.8 Å². The van der Waals surface area contributed by atoms with Gasteiger partial charge < -0.3 is 53.1 Å². The Morgan fingerprint density at radius 2 is 1.43 bits per heavy atom. The highest BCUT2D eigenvalue weighted by atomic mass is 16.6. The molecule has 0 amide bonds. The monoisotopic (exact) mass is 1180 g/mol. The lowest BCUT2D eigenvalue weighted by Crippen LogP contribution is -2.82. The zero-order valence-corrected chi connectivity index (χ0v) is 50.2. The standard InChI is InChI=1S/C66H76N2O18/c1-39(69)26-27-43-28-29-47(48(32-43)78-10)82-52(72)30-31-53(73)85-58(56(46-24-18-13-19-25-46)67-35-44-20-14-11-15-21-44)62(76)83-49-34-66(77)61(79-37-45-22-16-12-17-23-45)59-64(7,60(75)57(81-41(3)70)55(40(49)2)63(66,5)6)50(84-54(74)36-68(8)9)33-51-65(59,38-80-51)86-42(4)71/h11-29,32,49-51,56-59,61,67,77H,30-31,33-38H2,1-10H3/b27-26+/t49-,50-,51+,56-,57+,58+,59-,61-,64+,65-,66+/m0/s1. The number of nitrogens with one attached hydrogen (secondary N) is 1. The Bertz CT molecular complexity index is 3240. The smallest absolute Gasteiger partial charge is 0.350 e. The second kappa shape index (κ2) is 26.8. The fourth-order valence-corrected chi connectivity index (χ4v) is 12.7. The summed E-state index contributed by atoms with van der Waals surface area (Å²) in [5.74, 6) is -7.43. The molecule has 20 heteroatoms. The van der Waals surface area contributed by atoms with E-state index < -0.39 is 131 Å². The number of hydrogen-bond acceptors (Lipinski definition) is 20. The van der Waals surface area contributed by atoms with Gasteiger partial charge in [0.05, 0.1) is 57.3 Å². The van der Waals surface area contributed by atoms with E-state index in [0.29, 0.717) is 16.7 Å². The number of esters is 6. The number of carbonyl (C=O) groups excluding carboxylic acids is 8. The van der Waals surface area contributed by atoms with Gasteiger partial charge in [0.2, 0.25) is 6.10 Å². The fraction of sp³-hybridized carbons (Fsp3) is 0.455. The second-order valence-electron chi connectivity index (χ2n) is 23.4. The number of hydrogen-bond donors (Lipinski definition) is 2. The minimum absolute atomic E-state index is 0.0451. The molecule has 0 aromatic heterocycles. The van der Waals surface area contributed by atoms with Crippen LogP contribution in [0.3, 0.4) is 0 Å². The van der Waals surface area contributed by atoms with Crippen molar-refractivity contribution in [3.05, 3.63) is 149 Å². The number of ketones is 2. The predicted molar refractivity (Wildman–Crippen MR) is 310 cm³/mol. The van der Waals surface area contributed by atoms with Crippen LogP contribution in [-0.4, -0.2) is 140 Å². The van der Waals surface area contributed by atoms with Crippen LogP contribution in [0, 0.1) is 16.7 Å². The number of methoxy groups -OCH3 is 1. The summed E-state index contributed by atoms with van der Waals surface area (Å²) in [6.45, 7) is 9.71. The first-order chi connectivity index (χ1) is 40.8. The number of likely N-dealkylation sites (N-methyl/N-ethyl adjacent to an activating group) is 1. The molecule has 4 aromatic rings. The van der Waals surface area contributed by atoms with Crippen molar-refractivity contribution in [3.63, 3.8) is 0 Å². The van der Waals surface area contributed by atoms with Crippen molar-refractivity contribution in [2.24, 2.45) is 16.7 Å². The molecule has 2 saturated carbocycles. The van der Waals surface area contributed by atoms with Gasteiger partial charge in [0.1, 0.15) is 23.9 Å². The van der Waals surface area contributed by atoms with E-state index in [1.807, 2.05) is 36.4 Å². The fourth-order valence-electron chi connectivity index (χ4n) is 12.7. The maximum Gasteiger partial charge on any atom is 0.350 e. The van der Waals surface area contributed by atoms with Crippen LogP contribution in [0.2, 0.25) is 0 Å². The van der Waals surface area contributed by atoms with Gasteiger partial charge in [-0.05, 0) is 86.5 Å². The van der Waals surface area contributed by atoms with Gasteiger partial charge in [-0.3, -0.25) is 38.5 Å². The molecule has 2 N–H and O–H groups in total. The summed E-state index contributed by atoms with van der Waals surface area (Å²) in [5, 5.41) is 17.8. The molecule has 4 aliphatic rings. The van der Waals surface area contributed by atoms with Crippen molar-refractivity contribution in [2.45, 2.75) is 141 Å². The van der Waals surface area contributed by atoms with Gasteiger partial charge >= 0.3 is 35.8 Å². The summed E-state index contributed by atoms with van der Waals surface area (Å²) >= 11 is 0. The summed E-state index contributed by atoms with van der Waals surface area (Å²) in [6, 6.07) is 30.5. The maximum atomic E-state index is 16.4. The molecule has 86 heavy (non-hydrogen) atoms. The molecule has 4 aromatic carbocycles. The molecule has 3 fully saturated rings. The molecule has 20 nitrogen and oxygen atoms in total. The lowest BCUT2D eigenvalue weighted by Gasteiger charge is -2.68.